The molecule has 1 aliphatic heterocycles. The molecular formula is C23H23N3O3. The van der Waals surface area contributed by atoms with Crippen LogP contribution < -0.4 is 9.47 Å². The summed E-state index contributed by atoms with van der Waals surface area (Å²) in [5, 5.41) is 8.87. The van der Waals surface area contributed by atoms with Gasteiger partial charge in [0.05, 0.1) is 31.3 Å². The van der Waals surface area contributed by atoms with Crippen molar-refractivity contribution in [1.29, 1.82) is 5.26 Å². The first-order valence-electron chi connectivity index (χ1n) is 9.33. The molecule has 0 aliphatic carbocycles. The second kappa shape index (κ2) is 9.56. The zero-order chi connectivity index (χ0) is 20.6. The van der Waals surface area contributed by atoms with Gasteiger partial charge in [0.2, 0.25) is 6.41 Å². The van der Waals surface area contributed by atoms with Gasteiger partial charge in [-0.1, -0.05) is 30.3 Å². The molecule has 0 spiro atoms. The number of carbonyl (C=O) groups is 1. The molecule has 3 rings (SSSR count). The molecule has 0 saturated heterocycles. The Morgan fingerprint density at radius 2 is 2.07 bits per heavy atom. The highest BCUT2D eigenvalue weighted by molar-refractivity contribution is 5.75. The fourth-order valence-corrected chi connectivity index (χ4v) is 3.15. The normalized spacial score (nSPS) is 15.8. The molecule has 6 nitrogen and oxygen atoms in total. The number of aliphatic imine (C=N–C) groups is 1. The minimum atomic E-state index is -0.189. The van der Waals surface area contributed by atoms with Gasteiger partial charge in [0.15, 0.2) is 11.5 Å². The van der Waals surface area contributed by atoms with Gasteiger partial charge in [-0.05, 0) is 36.1 Å². The van der Waals surface area contributed by atoms with Gasteiger partial charge in [0, 0.05) is 18.5 Å². The number of nitrogens with zero attached hydrogens (tertiary/aromatic N) is 3. The molecule has 1 atom stereocenters. The van der Waals surface area contributed by atoms with Gasteiger partial charge < -0.3 is 14.4 Å². The Labute approximate surface area is 170 Å². The van der Waals surface area contributed by atoms with Gasteiger partial charge in [-0.25, -0.2) is 0 Å². The van der Waals surface area contributed by atoms with Gasteiger partial charge in [-0.3, -0.25) is 9.79 Å². The van der Waals surface area contributed by atoms with Crippen LogP contribution in [0.3, 0.4) is 0 Å². The summed E-state index contributed by atoms with van der Waals surface area (Å²) < 4.78 is 11.4. The first kappa shape index (κ1) is 20.2. The van der Waals surface area contributed by atoms with E-state index in [4.69, 9.17) is 14.7 Å². The minimum Gasteiger partial charge on any atom is -0.493 e. The summed E-state index contributed by atoms with van der Waals surface area (Å²) in [5.74, 6) is 1.25. The van der Waals surface area contributed by atoms with E-state index in [1.54, 1.807) is 24.4 Å². The van der Waals surface area contributed by atoms with Crippen LogP contribution in [0.15, 0.2) is 59.2 Å². The number of hydrogen-bond acceptors (Lipinski definition) is 5. The van der Waals surface area contributed by atoms with Crippen LogP contribution in [0.1, 0.15) is 24.0 Å². The number of amides is 1. The Hall–Kier alpha value is -3.59. The predicted octanol–water partition coefficient (Wildman–Crippen LogP) is 4.31. The third-order valence-corrected chi connectivity index (χ3v) is 4.72. The largest absolute Gasteiger partial charge is 0.493 e. The van der Waals surface area contributed by atoms with Crippen LogP contribution in [0.25, 0.3) is 0 Å². The Morgan fingerprint density at radius 1 is 1.28 bits per heavy atom. The molecule has 0 radical (unpaired) electrons. The summed E-state index contributed by atoms with van der Waals surface area (Å²) in [7, 11) is 1.61. The Bertz CT molecular complexity index is 961. The number of aryl methyl sites for hydroxylation is 1. The minimum absolute atomic E-state index is 0.189. The van der Waals surface area contributed by atoms with E-state index in [0.717, 1.165) is 28.8 Å². The lowest BCUT2D eigenvalue weighted by Crippen LogP contribution is -2.26. The Morgan fingerprint density at radius 3 is 2.76 bits per heavy atom. The predicted molar refractivity (Wildman–Crippen MR) is 111 cm³/mol. The first-order valence-corrected chi connectivity index (χ1v) is 9.33. The zero-order valence-electron chi connectivity index (χ0n) is 16.5. The van der Waals surface area contributed by atoms with Crippen molar-refractivity contribution < 1.29 is 14.3 Å². The van der Waals surface area contributed by atoms with E-state index in [1.165, 1.54) is 0 Å². The lowest BCUT2D eigenvalue weighted by molar-refractivity contribution is -0.116. The second-order valence-corrected chi connectivity index (χ2v) is 6.79. The summed E-state index contributed by atoms with van der Waals surface area (Å²) in [6.07, 6.45) is 5.15. The van der Waals surface area contributed by atoms with Crippen LogP contribution in [0.5, 0.6) is 11.5 Å². The van der Waals surface area contributed by atoms with Gasteiger partial charge >= 0.3 is 0 Å². The first-order chi connectivity index (χ1) is 14.1. The van der Waals surface area contributed by atoms with Crippen molar-refractivity contribution in [3.63, 3.8) is 0 Å². The van der Waals surface area contributed by atoms with Gasteiger partial charge in [-0.15, -0.1) is 0 Å². The zero-order valence-corrected chi connectivity index (χ0v) is 16.5. The molecule has 0 bridgehead atoms. The molecule has 1 unspecified atom stereocenters. The summed E-state index contributed by atoms with van der Waals surface area (Å²) in [5.41, 5.74) is 3.66. The van der Waals surface area contributed by atoms with Crippen molar-refractivity contribution in [2.24, 2.45) is 4.99 Å². The highest BCUT2D eigenvalue weighted by atomic mass is 16.5. The van der Waals surface area contributed by atoms with E-state index >= 15 is 0 Å². The molecule has 1 aliphatic rings. The molecule has 0 aromatic heterocycles. The van der Waals surface area contributed by atoms with Crippen LogP contribution in [0.4, 0.5) is 5.69 Å². The number of ether oxygens (including phenoxy) is 2. The molecule has 1 amide bonds. The molecule has 2 aromatic rings. The average molecular weight is 389 g/mol. The summed E-state index contributed by atoms with van der Waals surface area (Å²) in [4.78, 5) is 17.4. The molecule has 1 heterocycles. The third kappa shape index (κ3) is 5.02. The maximum absolute atomic E-state index is 11.3. The van der Waals surface area contributed by atoms with Gasteiger partial charge in [-0.2, -0.15) is 5.26 Å². The second-order valence-electron chi connectivity index (χ2n) is 6.79. The molecule has 0 fully saturated rings. The van der Waals surface area contributed by atoms with Crippen molar-refractivity contribution in [2.45, 2.75) is 32.4 Å². The van der Waals surface area contributed by atoms with Crippen molar-refractivity contribution in [3.05, 3.63) is 65.4 Å². The van der Waals surface area contributed by atoms with Crippen molar-refractivity contribution in [1.82, 2.24) is 4.90 Å². The number of hydrogen-bond donors (Lipinski definition) is 0. The van der Waals surface area contributed by atoms with Crippen molar-refractivity contribution >= 4 is 18.3 Å². The average Bonchev–Trinajstić information content (AvgIpc) is 3.14. The van der Waals surface area contributed by atoms with Crippen LogP contribution in [0, 0.1) is 18.3 Å². The smallest absolute Gasteiger partial charge is 0.214 e. The lowest BCUT2D eigenvalue weighted by Gasteiger charge is -2.15. The molecule has 29 heavy (non-hydrogen) atoms. The fourth-order valence-electron chi connectivity index (χ4n) is 3.15. The Kier molecular flexibility index (Phi) is 6.64. The third-order valence-electron chi connectivity index (χ3n) is 4.72. The van der Waals surface area contributed by atoms with Crippen molar-refractivity contribution in [2.75, 3.05) is 7.11 Å². The van der Waals surface area contributed by atoms with E-state index in [1.807, 2.05) is 49.4 Å². The Balaban J connectivity index is 1.78. The molecule has 148 valence electrons. The van der Waals surface area contributed by atoms with E-state index in [0.29, 0.717) is 30.9 Å². The molecule has 2 aromatic carbocycles. The van der Waals surface area contributed by atoms with Crippen LogP contribution >= 0.6 is 0 Å². The number of benzene rings is 2. The maximum atomic E-state index is 11.3. The van der Waals surface area contributed by atoms with Crippen LogP contribution in [-0.2, 0) is 11.4 Å². The maximum Gasteiger partial charge on any atom is 0.214 e. The van der Waals surface area contributed by atoms with Crippen LogP contribution in [-0.4, -0.2) is 30.7 Å². The summed E-state index contributed by atoms with van der Waals surface area (Å²) in [6.45, 7) is 2.37. The number of nitriles is 1. The summed E-state index contributed by atoms with van der Waals surface area (Å²) in [6, 6.07) is 15.6. The number of carbonyl (C=O) groups excluding carboxylic acids is 1. The van der Waals surface area contributed by atoms with Gasteiger partial charge in [0.1, 0.15) is 6.61 Å². The van der Waals surface area contributed by atoms with E-state index in [-0.39, 0.29) is 6.04 Å². The highest BCUT2D eigenvalue weighted by Crippen LogP contribution is 2.35. The van der Waals surface area contributed by atoms with Gasteiger partial charge in [0.25, 0.3) is 0 Å². The molecule has 0 saturated carbocycles. The molecule has 6 heteroatoms. The van der Waals surface area contributed by atoms with E-state index < -0.39 is 0 Å². The highest BCUT2D eigenvalue weighted by Gasteiger charge is 2.22. The SMILES string of the molecule is COc1cc(C)c(N=CC2CC(CC#N)=CN2C=O)cc1OCc1ccccc1. The lowest BCUT2D eigenvalue weighted by atomic mass is 10.1. The number of methoxy groups -OCH3 is 1. The van der Waals surface area contributed by atoms with Crippen LogP contribution in [0.2, 0.25) is 0 Å². The monoisotopic (exact) mass is 389 g/mol. The van der Waals surface area contributed by atoms with E-state index in [9.17, 15) is 4.79 Å². The fraction of sp³-hybridized carbons (Fsp3) is 0.261. The summed E-state index contributed by atoms with van der Waals surface area (Å²) >= 11 is 0. The van der Waals surface area contributed by atoms with Crippen molar-refractivity contribution in [3.8, 4) is 17.6 Å². The number of rotatable bonds is 8. The quantitative estimate of drug-likeness (QED) is 0.498. The standard InChI is InChI=1S/C23H23N3O3/c1-17-10-22(28-2)23(29-15-18-6-4-3-5-7-18)12-21(17)25-13-20-11-19(8-9-24)14-26(20)16-27/h3-7,10,12-14,16,20H,8,11,15H2,1-2H3. The molecular weight excluding hydrogens is 366 g/mol. The topological polar surface area (TPSA) is 74.9 Å². The molecule has 0 N–H and O–H groups in total. The van der Waals surface area contributed by atoms with E-state index in [2.05, 4.69) is 11.1 Å².